The number of carbonyl (C=O) groups is 1. The number of hydrogen-bond acceptors (Lipinski definition) is 7. The number of H-pyrrole nitrogens is 2. The summed E-state index contributed by atoms with van der Waals surface area (Å²) >= 11 is 6.53. The van der Waals surface area contributed by atoms with Crippen LogP contribution in [0, 0.1) is 0 Å². The topological polar surface area (TPSA) is 125 Å². The molecule has 0 atom stereocenters. The van der Waals surface area contributed by atoms with E-state index in [0.29, 0.717) is 22.4 Å². The molecule has 0 bridgehead atoms. The van der Waals surface area contributed by atoms with Crippen molar-refractivity contribution >= 4 is 50.7 Å². The van der Waals surface area contributed by atoms with Gasteiger partial charge in [-0.25, -0.2) is 9.97 Å². The van der Waals surface area contributed by atoms with Crippen LogP contribution in [-0.2, 0) is 6.42 Å². The summed E-state index contributed by atoms with van der Waals surface area (Å²) < 4.78 is 0. The van der Waals surface area contributed by atoms with E-state index in [1.54, 1.807) is 36.9 Å². The molecule has 0 aliphatic rings. The third kappa shape index (κ3) is 4.09. The first-order valence-electron chi connectivity index (χ1n) is 10.8. The van der Waals surface area contributed by atoms with Gasteiger partial charge in [-0.1, -0.05) is 23.7 Å². The minimum absolute atomic E-state index is 0.0235. The van der Waals surface area contributed by atoms with Gasteiger partial charge in [0.05, 0.1) is 34.3 Å². The molecule has 4 heterocycles. The Morgan fingerprint density at radius 2 is 1.91 bits per heavy atom. The van der Waals surface area contributed by atoms with Gasteiger partial charge in [-0.05, 0) is 42.0 Å². The van der Waals surface area contributed by atoms with Crippen molar-refractivity contribution in [3.05, 3.63) is 89.6 Å². The molecule has 0 saturated carbocycles. The molecule has 0 amide bonds. The number of rotatable bonds is 6. The molecular weight excluding hydrogens is 464 g/mol. The van der Waals surface area contributed by atoms with Gasteiger partial charge in [-0.2, -0.15) is 15.3 Å². The highest BCUT2D eigenvalue weighted by atomic mass is 35.5. The van der Waals surface area contributed by atoms with Crippen molar-refractivity contribution in [2.75, 3.05) is 5.32 Å². The number of nitrogens with zero attached hydrogens (tertiary/aromatic N) is 5. The van der Waals surface area contributed by atoms with Gasteiger partial charge >= 0.3 is 0 Å². The first-order chi connectivity index (χ1) is 17.1. The van der Waals surface area contributed by atoms with Crippen LogP contribution in [-0.4, -0.2) is 41.1 Å². The molecule has 0 fully saturated rings. The Morgan fingerprint density at radius 1 is 0.971 bits per heavy atom. The van der Waals surface area contributed by atoms with Gasteiger partial charge in [0.15, 0.2) is 11.6 Å². The number of anilines is 2. The van der Waals surface area contributed by atoms with E-state index in [0.717, 1.165) is 38.6 Å². The number of aromatic nitrogens is 7. The fraction of sp³-hybridized carbons (Fsp3) is 0.0400. The van der Waals surface area contributed by atoms with Crippen molar-refractivity contribution in [1.82, 2.24) is 35.3 Å². The molecule has 9 nitrogen and oxygen atoms in total. The zero-order valence-electron chi connectivity index (χ0n) is 18.2. The highest BCUT2D eigenvalue weighted by Gasteiger charge is 2.13. The molecule has 0 saturated heterocycles. The van der Waals surface area contributed by atoms with Gasteiger partial charge in [-0.3, -0.25) is 9.89 Å². The van der Waals surface area contributed by atoms with Crippen molar-refractivity contribution < 1.29 is 4.79 Å². The van der Waals surface area contributed by atoms with Crippen molar-refractivity contribution in [3.8, 4) is 11.4 Å². The van der Waals surface area contributed by atoms with Gasteiger partial charge < -0.3 is 10.3 Å². The van der Waals surface area contributed by atoms with Crippen molar-refractivity contribution in [2.45, 2.75) is 6.42 Å². The monoisotopic (exact) mass is 480 g/mol. The fourth-order valence-electron chi connectivity index (χ4n) is 3.90. The summed E-state index contributed by atoms with van der Waals surface area (Å²) in [5.74, 6) is 1.13. The van der Waals surface area contributed by atoms with E-state index < -0.39 is 0 Å². The van der Waals surface area contributed by atoms with Crippen LogP contribution in [0.2, 0.25) is 5.02 Å². The van der Waals surface area contributed by atoms with Gasteiger partial charge in [0, 0.05) is 40.7 Å². The number of nitrogens with one attached hydrogen (secondary N) is 3. The first-order valence-corrected chi connectivity index (χ1v) is 11.2. The molecule has 3 N–H and O–H groups in total. The number of halogens is 1. The predicted molar refractivity (Wildman–Crippen MR) is 134 cm³/mol. The van der Waals surface area contributed by atoms with Crippen LogP contribution in [0.4, 0.5) is 11.5 Å². The number of benzene rings is 2. The molecule has 6 rings (SSSR count). The number of aromatic amines is 2. The average Bonchev–Trinajstić information content (AvgIpc) is 3.54. The summed E-state index contributed by atoms with van der Waals surface area (Å²) in [4.78, 5) is 25.0. The zero-order chi connectivity index (χ0) is 23.8. The summed E-state index contributed by atoms with van der Waals surface area (Å²) in [6.45, 7) is 0. The van der Waals surface area contributed by atoms with Gasteiger partial charge in [0.2, 0.25) is 0 Å². The number of hydrogen-bond donors (Lipinski definition) is 3. The maximum atomic E-state index is 12.7. The maximum Gasteiger partial charge on any atom is 0.183 e. The van der Waals surface area contributed by atoms with Crippen LogP contribution in [0.25, 0.3) is 33.2 Å². The van der Waals surface area contributed by atoms with E-state index in [9.17, 15) is 4.79 Å². The third-order valence-corrected chi connectivity index (χ3v) is 6.08. The van der Waals surface area contributed by atoms with E-state index >= 15 is 0 Å². The van der Waals surface area contributed by atoms with E-state index in [1.165, 1.54) is 0 Å². The Balaban J connectivity index is 1.27. The highest BCUT2D eigenvalue weighted by Crippen LogP contribution is 2.32. The Kier molecular flexibility index (Phi) is 5.16. The van der Waals surface area contributed by atoms with Crippen LogP contribution < -0.4 is 5.32 Å². The third-order valence-electron chi connectivity index (χ3n) is 5.67. The van der Waals surface area contributed by atoms with Crippen LogP contribution in [0.1, 0.15) is 16.1 Å². The maximum absolute atomic E-state index is 12.7. The first kappa shape index (κ1) is 20.9. The number of carbonyl (C=O) groups excluding carboxylic acids is 1. The number of Topliss-reactive ketones (excluding diaryl/α,β-unsaturated/α-hetero) is 1. The van der Waals surface area contributed by atoms with Crippen LogP contribution >= 0.6 is 11.6 Å². The molecule has 2 aromatic carbocycles. The van der Waals surface area contributed by atoms with E-state index in [4.69, 9.17) is 11.6 Å². The fourth-order valence-corrected chi connectivity index (χ4v) is 4.17. The highest BCUT2D eigenvalue weighted by molar-refractivity contribution is 6.38. The normalized spacial score (nSPS) is 11.2. The number of fused-ring (bicyclic) bond motifs is 2. The summed E-state index contributed by atoms with van der Waals surface area (Å²) in [6.07, 6.45) is 6.79. The van der Waals surface area contributed by atoms with Gasteiger partial charge in [0.25, 0.3) is 0 Å². The van der Waals surface area contributed by atoms with E-state index in [2.05, 4.69) is 40.7 Å². The van der Waals surface area contributed by atoms with Crippen molar-refractivity contribution in [3.63, 3.8) is 0 Å². The zero-order valence-corrected chi connectivity index (χ0v) is 18.9. The minimum Gasteiger partial charge on any atom is -0.352 e. The van der Waals surface area contributed by atoms with Gasteiger partial charge in [0.1, 0.15) is 5.82 Å². The summed E-state index contributed by atoms with van der Waals surface area (Å²) in [5.41, 5.74) is 4.57. The molecule has 0 spiro atoms. The molecule has 0 unspecified atom stereocenters. The summed E-state index contributed by atoms with van der Waals surface area (Å²) in [5, 5.41) is 20.1. The molecule has 0 radical (unpaired) electrons. The standard InChI is InChI=1S/C25H17ClN8O/c26-24-17-13-30-34-18(17)3-4-19(24)32-23-6-7-27-25(33-23)16-2-1-15-10-21(31-20(15)11-16)22(35)9-14-5-8-28-29-12-14/h1-8,10-13,31H,9H2,(H,30,34)(H,27,32,33). The molecule has 6 aromatic rings. The van der Waals surface area contributed by atoms with Crippen LogP contribution in [0.5, 0.6) is 0 Å². The van der Waals surface area contributed by atoms with E-state index in [1.807, 2.05) is 36.4 Å². The Morgan fingerprint density at radius 3 is 2.80 bits per heavy atom. The minimum atomic E-state index is -0.0235. The average molecular weight is 481 g/mol. The summed E-state index contributed by atoms with van der Waals surface area (Å²) in [6, 6.07) is 15.0. The lowest BCUT2D eigenvalue weighted by molar-refractivity contribution is 0.0989. The van der Waals surface area contributed by atoms with Crippen molar-refractivity contribution in [1.29, 1.82) is 0 Å². The molecule has 10 heteroatoms. The Labute approximate surface area is 203 Å². The lowest BCUT2D eigenvalue weighted by atomic mass is 10.1. The van der Waals surface area contributed by atoms with Crippen LogP contribution in [0.3, 0.4) is 0 Å². The predicted octanol–water partition coefficient (Wildman–Crippen LogP) is 5.11. The molecular formula is C25H17ClN8O. The SMILES string of the molecule is O=C(Cc1ccnnc1)c1cc2ccc(-c3nccc(Nc4ccc5[nH]ncc5c4Cl)n3)cc2[nH]1. The summed E-state index contributed by atoms with van der Waals surface area (Å²) in [7, 11) is 0. The van der Waals surface area contributed by atoms with E-state index in [-0.39, 0.29) is 12.2 Å². The molecule has 35 heavy (non-hydrogen) atoms. The second-order valence-corrected chi connectivity index (χ2v) is 8.36. The lowest BCUT2D eigenvalue weighted by Gasteiger charge is -2.09. The number of ketones is 1. The van der Waals surface area contributed by atoms with Crippen LogP contribution in [0.15, 0.2) is 73.3 Å². The quantitative estimate of drug-likeness (QED) is 0.283. The molecule has 170 valence electrons. The van der Waals surface area contributed by atoms with Crippen molar-refractivity contribution in [2.24, 2.45) is 0 Å². The molecule has 4 aromatic heterocycles. The lowest BCUT2D eigenvalue weighted by Crippen LogP contribution is -2.04. The smallest absolute Gasteiger partial charge is 0.183 e. The molecule has 0 aliphatic heterocycles. The largest absolute Gasteiger partial charge is 0.352 e. The Bertz CT molecular complexity index is 1690. The Hall–Kier alpha value is -4.63. The second kappa shape index (κ2) is 8.62. The van der Waals surface area contributed by atoms with Gasteiger partial charge in [-0.15, -0.1) is 0 Å². The second-order valence-electron chi connectivity index (χ2n) is 7.98. The molecule has 0 aliphatic carbocycles.